The number of nitrogens with zero attached hydrogens (tertiary/aromatic N) is 2. The lowest BCUT2D eigenvalue weighted by atomic mass is 10.1. The Morgan fingerprint density at radius 2 is 1.91 bits per heavy atom. The van der Waals surface area contributed by atoms with Crippen molar-refractivity contribution in [2.24, 2.45) is 4.99 Å². The Balaban J connectivity index is 2.22. The maximum absolute atomic E-state index is 12.7. The van der Waals surface area contributed by atoms with E-state index in [1.54, 1.807) is 32.9 Å². The molecule has 32 heavy (non-hydrogen) atoms. The normalized spacial score (nSPS) is 15.7. The second kappa shape index (κ2) is 10.8. The van der Waals surface area contributed by atoms with Crippen molar-refractivity contribution < 1.29 is 28.6 Å². The van der Waals surface area contributed by atoms with Gasteiger partial charge in [0.1, 0.15) is 18.7 Å². The van der Waals surface area contributed by atoms with Crippen molar-refractivity contribution in [3.05, 3.63) is 27.3 Å². The summed E-state index contributed by atoms with van der Waals surface area (Å²) in [6, 6.07) is 6.23. The third kappa shape index (κ3) is 8.53. The van der Waals surface area contributed by atoms with Crippen LogP contribution in [0.25, 0.3) is 0 Å². The third-order valence-electron chi connectivity index (χ3n) is 4.29. The summed E-state index contributed by atoms with van der Waals surface area (Å²) in [7, 11) is -1.30. The van der Waals surface area contributed by atoms with Crippen LogP contribution in [0.4, 0.5) is 5.69 Å². The summed E-state index contributed by atoms with van der Waals surface area (Å²) >= 11 is 2.14. The molecule has 0 aliphatic carbocycles. The van der Waals surface area contributed by atoms with E-state index in [2.05, 4.69) is 47.2 Å². The van der Waals surface area contributed by atoms with E-state index in [-0.39, 0.29) is 25.6 Å². The Hall–Kier alpha value is -1.95. The molecule has 0 radical (unpaired) electrons. The molecular weight excluding hydrogens is 543 g/mol. The Kier molecular flexibility index (Phi) is 8.86. The lowest BCUT2D eigenvalue weighted by molar-refractivity contribution is -0.153. The standard InChI is InChI=1S/C22H31IN2O6Si/c1-22(2,3)31-20(28)13-25-17-8-7-15(23)11-16(17)21(30-14-18(25)26)24-12-19(27)29-9-10-32(4,5)6/h7-8,11H,9-10,12-14H2,1-6H3. The van der Waals surface area contributed by atoms with Crippen LogP contribution in [-0.4, -0.2) is 63.7 Å². The first kappa shape index (κ1) is 26.3. The number of amides is 1. The first-order valence-electron chi connectivity index (χ1n) is 10.4. The third-order valence-corrected chi connectivity index (χ3v) is 6.66. The van der Waals surface area contributed by atoms with Crippen molar-refractivity contribution >= 4 is 60.1 Å². The van der Waals surface area contributed by atoms with E-state index in [4.69, 9.17) is 14.2 Å². The number of hydrogen-bond acceptors (Lipinski definition) is 7. The summed E-state index contributed by atoms with van der Waals surface area (Å²) in [5.74, 6) is -1.21. The zero-order valence-electron chi connectivity index (χ0n) is 19.5. The lowest BCUT2D eigenvalue weighted by Gasteiger charge is -2.24. The molecule has 0 bridgehead atoms. The van der Waals surface area contributed by atoms with Crippen LogP contribution in [0.1, 0.15) is 26.3 Å². The van der Waals surface area contributed by atoms with Crippen molar-refractivity contribution in [3.8, 4) is 0 Å². The Labute approximate surface area is 203 Å². The van der Waals surface area contributed by atoms with E-state index in [0.717, 1.165) is 9.61 Å². The van der Waals surface area contributed by atoms with Crippen LogP contribution in [0.15, 0.2) is 23.2 Å². The summed E-state index contributed by atoms with van der Waals surface area (Å²) in [4.78, 5) is 42.9. The Bertz CT molecular complexity index is 905. The van der Waals surface area contributed by atoms with Crippen LogP contribution < -0.4 is 4.90 Å². The molecule has 2 rings (SSSR count). The van der Waals surface area contributed by atoms with E-state index in [1.165, 1.54) is 4.90 Å². The topological polar surface area (TPSA) is 94.5 Å². The van der Waals surface area contributed by atoms with Crippen LogP contribution >= 0.6 is 22.6 Å². The van der Waals surface area contributed by atoms with E-state index < -0.39 is 31.5 Å². The summed E-state index contributed by atoms with van der Waals surface area (Å²) in [5, 5.41) is 0. The molecule has 0 fully saturated rings. The molecule has 0 saturated carbocycles. The van der Waals surface area contributed by atoms with Gasteiger partial charge >= 0.3 is 11.9 Å². The van der Waals surface area contributed by atoms with Gasteiger partial charge in [-0.3, -0.25) is 19.3 Å². The number of aliphatic imine (C=N–C) groups is 1. The minimum Gasteiger partial charge on any atom is -0.467 e. The molecule has 1 heterocycles. The summed E-state index contributed by atoms with van der Waals surface area (Å²) in [6.45, 7) is 11.5. The fourth-order valence-electron chi connectivity index (χ4n) is 2.80. The predicted octanol–water partition coefficient (Wildman–Crippen LogP) is 3.62. The Morgan fingerprint density at radius 1 is 1.22 bits per heavy atom. The zero-order chi connectivity index (χ0) is 24.1. The predicted molar refractivity (Wildman–Crippen MR) is 134 cm³/mol. The number of carbonyl (C=O) groups excluding carboxylic acids is 3. The number of benzene rings is 1. The molecule has 0 spiro atoms. The molecule has 0 saturated heterocycles. The van der Waals surface area contributed by atoms with E-state index in [9.17, 15) is 14.4 Å². The number of carbonyl (C=O) groups is 3. The first-order valence-corrected chi connectivity index (χ1v) is 15.2. The van der Waals surface area contributed by atoms with Gasteiger partial charge in [0.25, 0.3) is 5.91 Å². The first-order chi connectivity index (χ1) is 14.7. The zero-order valence-corrected chi connectivity index (χ0v) is 22.6. The second-order valence-electron chi connectivity index (χ2n) is 9.67. The number of ether oxygens (including phenoxy) is 3. The number of halogens is 1. The van der Waals surface area contributed by atoms with Crippen molar-refractivity contribution in [2.45, 2.75) is 52.1 Å². The van der Waals surface area contributed by atoms with Gasteiger partial charge in [0.2, 0.25) is 5.90 Å². The van der Waals surface area contributed by atoms with Gasteiger partial charge in [0, 0.05) is 11.6 Å². The monoisotopic (exact) mass is 574 g/mol. The molecular formula is C22H31IN2O6Si. The van der Waals surface area contributed by atoms with Crippen LogP contribution in [0.2, 0.25) is 25.7 Å². The van der Waals surface area contributed by atoms with Crippen molar-refractivity contribution in [3.63, 3.8) is 0 Å². The van der Waals surface area contributed by atoms with Gasteiger partial charge in [0.15, 0.2) is 6.61 Å². The van der Waals surface area contributed by atoms with Gasteiger partial charge in [-0.15, -0.1) is 0 Å². The van der Waals surface area contributed by atoms with Gasteiger partial charge < -0.3 is 14.2 Å². The number of rotatable bonds is 7. The fourth-order valence-corrected chi connectivity index (χ4v) is 4.00. The number of esters is 2. The van der Waals surface area contributed by atoms with E-state index in [1.807, 2.05) is 6.07 Å². The number of fused-ring (bicyclic) bond motifs is 1. The van der Waals surface area contributed by atoms with Crippen molar-refractivity contribution in [2.75, 3.05) is 31.2 Å². The molecule has 1 aromatic rings. The molecule has 0 aromatic heterocycles. The van der Waals surface area contributed by atoms with Gasteiger partial charge in [-0.05, 0) is 67.6 Å². The smallest absolute Gasteiger partial charge is 0.327 e. The molecule has 0 N–H and O–H groups in total. The molecule has 176 valence electrons. The number of anilines is 1. The highest BCUT2D eigenvalue weighted by Crippen LogP contribution is 2.27. The summed E-state index contributed by atoms with van der Waals surface area (Å²) in [5.41, 5.74) is 0.339. The lowest BCUT2D eigenvalue weighted by Crippen LogP contribution is -2.40. The highest BCUT2D eigenvalue weighted by Gasteiger charge is 2.30. The molecule has 1 amide bonds. The van der Waals surface area contributed by atoms with Crippen LogP contribution in [0.5, 0.6) is 0 Å². The Morgan fingerprint density at radius 3 is 2.53 bits per heavy atom. The van der Waals surface area contributed by atoms with Gasteiger partial charge in [-0.2, -0.15) is 0 Å². The molecule has 0 unspecified atom stereocenters. The van der Waals surface area contributed by atoms with Crippen molar-refractivity contribution in [1.29, 1.82) is 0 Å². The van der Waals surface area contributed by atoms with Crippen LogP contribution in [0.3, 0.4) is 0 Å². The second-order valence-corrected chi connectivity index (χ2v) is 16.5. The quantitative estimate of drug-likeness (QED) is 0.281. The summed E-state index contributed by atoms with van der Waals surface area (Å²) in [6.07, 6.45) is 0. The summed E-state index contributed by atoms with van der Waals surface area (Å²) < 4.78 is 17.2. The minimum atomic E-state index is -1.30. The SMILES string of the molecule is CC(C)(C)OC(=O)CN1C(=O)COC(=NCC(=O)OCC[Si](C)(C)C)c2cc(I)ccc21. The maximum Gasteiger partial charge on any atom is 0.327 e. The molecule has 0 atom stereocenters. The molecule has 1 aliphatic heterocycles. The molecule has 1 aromatic carbocycles. The van der Waals surface area contributed by atoms with Crippen molar-refractivity contribution in [1.82, 2.24) is 0 Å². The highest BCUT2D eigenvalue weighted by atomic mass is 127. The van der Waals surface area contributed by atoms with Gasteiger partial charge in [-0.25, -0.2) is 4.99 Å². The van der Waals surface area contributed by atoms with Gasteiger partial charge in [0.05, 0.1) is 17.9 Å². The van der Waals surface area contributed by atoms with Crippen LogP contribution in [-0.2, 0) is 28.6 Å². The maximum atomic E-state index is 12.7. The van der Waals surface area contributed by atoms with E-state index in [0.29, 0.717) is 17.9 Å². The minimum absolute atomic E-state index is 0.167. The number of hydrogen-bond donors (Lipinski definition) is 0. The van der Waals surface area contributed by atoms with Crippen LogP contribution in [0, 0.1) is 3.57 Å². The van der Waals surface area contributed by atoms with Gasteiger partial charge in [-0.1, -0.05) is 19.6 Å². The molecule has 1 aliphatic rings. The fraction of sp³-hybridized carbons (Fsp3) is 0.545. The average Bonchev–Trinajstić information content (AvgIpc) is 2.75. The average molecular weight is 574 g/mol. The van der Waals surface area contributed by atoms with E-state index >= 15 is 0 Å². The molecule has 8 nitrogen and oxygen atoms in total. The highest BCUT2D eigenvalue weighted by molar-refractivity contribution is 14.1. The largest absolute Gasteiger partial charge is 0.467 e. The molecule has 10 heteroatoms.